The van der Waals surface area contributed by atoms with Crippen molar-refractivity contribution in [3.8, 4) is 0 Å². The molecule has 0 spiro atoms. The van der Waals surface area contributed by atoms with E-state index in [1.807, 2.05) is 4.90 Å². The van der Waals surface area contributed by atoms with Gasteiger partial charge in [0.1, 0.15) is 0 Å². The average Bonchev–Trinajstić information content (AvgIpc) is 2.77. The number of nitrogens with zero attached hydrogens (tertiary/aromatic N) is 1. The second-order valence-corrected chi connectivity index (χ2v) is 5.59. The topological polar surface area (TPSA) is 32.3 Å². The number of carbonyl (C=O) groups excluding carboxylic acids is 1. The van der Waals surface area contributed by atoms with E-state index in [1.54, 1.807) is 0 Å². The third-order valence-corrected chi connectivity index (χ3v) is 4.33. The lowest BCUT2D eigenvalue weighted by atomic mass is 9.85. The Morgan fingerprint density at radius 2 is 1.88 bits per heavy atom. The third-order valence-electron chi connectivity index (χ3n) is 4.33. The summed E-state index contributed by atoms with van der Waals surface area (Å²) >= 11 is 0. The average molecular weight is 238 g/mol. The van der Waals surface area contributed by atoms with Gasteiger partial charge in [-0.15, -0.1) is 0 Å². The van der Waals surface area contributed by atoms with Crippen LogP contribution in [0.3, 0.4) is 0 Å². The lowest BCUT2D eigenvalue weighted by Gasteiger charge is -2.32. The van der Waals surface area contributed by atoms with E-state index in [4.69, 9.17) is 0 Å². The Morgan fingerprint density at radius 3 is 2.41 bits per heavy atom. The van der Waals surface area contributed by atoms with Gasteiger partial charge in [-0.05, 0) is 38.5 Å². The summed E-state index contributed by atoms with van der Waals surface area (Å²) in [5, 5.41) is 3.41. The van der Waals surface area contributed by atoms with Gasteiger partial charge in [-0.3, -0.25) is 4.79 Å². The van der Waals surface area contributed by atoms with Crippen LogP contribution in [0.4, 0.5) is 0 Å². The second kappa shape index (κ2) is 6.39. The van der Waals surface area contributed by atoms with Crippen LogP contribution >= 0.6 is 0 Å². The number of hydrogen-bond donors (Lipinski definition) is 1. The summed E-state index contributed by atoms with van der Waals surface area (Å²) in [6.45, 7) is 4.49. The zero-order valence-electron chi connectivity index (χ0n) is 11.1. The first kappa shape index (κ1) is 12.9. The van der Waals surface area contributed by atoms with Gasteiger partial charge in [0.25, 0.3) is 0 Å². The summed E-state index contributed by atoms with van der Waals surface area (Å²) in [5.41, 5.74) is 0. The van der Waals surface area contributed by atoms with Crippen molar-refractivity contribution in [3.05, 3.63) is 0 Å². The molecule has 1 amide bonds. The molecule has 17 heavy (non-hydrogen) atoms. The van der Waals surface area contributed by atoms with Crippen LogP contribution in [-0.2, 0) is 4.79 Å². The molecule has 2 rings (SSSR count). The van der Waals surface area contributed by atoms with Crippen LogP contribution in [-0.4, -0.2) is 36.5 Å². The zero-order valence-corrected chi connectivity index (χ0v) is 11.1. The van der Waals surface area contributed by atoms with E-state index < -0.39 is 0 Å². The van der Waals surface area contributed by atoms with Gasteiger partial charge in [0, 0.05) is 19.1 Å². The molecule has 0 bridgehead atoms. The first-order valence-electron chi connectivity index (χ1n) is 7.30. The maximum Gasteiger partial charge on any atom is 0.236 e. The molecule has 0 saturated heterocycles. The molecule has 2 fully saturated rings. The van der Waals surface area contributed by atoms with E-state index >= 15 is 0 Å². The van der Waals surface area contributed by atoms with Gasteiger partial charge in [0.2, 0.25) is 5.91 Å². The predicted octanol–water partition coefficient (Wildman–Crippen LogP) is 2.17. The standard InChI is InChI=1S/C14H26N2O/c1-2-16(11-12-6-5-7-12)14(17)10-15-13-8-3-4-9-13/h12-13,15H,2-11H2,1H3. The summed E-state index contributed by atoms with van der Waals surface area (Å²) < 4.78 is 0. The minimum Gasteiger partial charge on any atom is -0.342 e. The van der Waals surface area contributed by atoms with Crippen molar-refractivity contribution in [3.63, 3.8) is 0 Å². The highest BCUT2D eigenvalue weighted by Gasteiger charge is 2.23. The van der Waals surface area contributed by atoms with E-state index in [-0.39, 0.29) is 0 Å². The quantitative estimate of drug-likeness (QED) is 0.769. The molecule has 0 atom stereocenters. The molecule has 0 unspecified atom stereocenters. The van der Waals surface area contributed by atoms with Gasteiger partial charge in [-0.25, -0.2) is 0 Å². The lowest BCUT2D eigenvalue weighted by Crippen LogP contribution is -2.43. The molecule has 0 radical (unpaired) electrons. The van der Waals surface area contributed by atoms with Crippen LogP contribution in [0, 0.1) is 5.92 Å². The van der Waals surface area contributed by atoms with Crippen LogP contribution in [0.2, 0.25) is 0 Å². The summed E-state index contributed by atoms with van der Waals surface area (Å²) in [4.78, 5) is 14.1. The number of nitrogens with one attached hydrogen (secondary N) is 1. The highest BCUT2D eigenvalue weighted by molar-refractivity contribution is 5.78. The fourth-order valence-corrected chi connectivity index (χ4v) is 2.87. The molecular formula is C14H26N2O. The highest BCUT2D eigenvalue weighted by Crippen LogP contribution is 2.27. The SMILES string of the molecule is CCN(CC1CCC1)C(=O)CNC1CCCC1. The van der Waals surface area contributed by atoms with E-state index in [0.717, 1.165) is 19.0 Å². The van der Waals surface area contributed by atoms with E-state index in [9.17, 15) is 4.79 Å². The molecular weight excluding hydrogens is 212 g/mol. The first-order chi connectivity index (χ1) is 8.29. The molecule has 3 nitrogen and oxygen atoms in total. The molecule has 0 aliphatic heterocycles. The Morgan fingerprint density at radius 1 is 1.18 bits per heavy atom. The molecule has 0 heterocycles. The highest BCUT2D eigenvalue weighted by atomic mass is 16.2. The molecule has 1 N–H and O–H groups in total. The predicted molar refractivity (Wildman–Crippen MR) is 69.9 cm³/mol. The van der Waals surface area contributed by atoms with Crippen LogP contribution < -0.4 is 5.32 Å². The van der Waals surface area contributed by atoms with E-state index in [2.05, 4.69) is 12.2 Å². The summed E-state index contributed by atoms with van der Waals surface area (Å²) in [6.07, 6.45) is 9.15. The Hall–Kier alpha value is -0.570. The van der Waals surface area contributed by atoms with Crippen molar-refractivity contribution in [1.29, 1.82) is 0 Å². The summed E-state index contributed by atoms with van der Waals surface area (Å²) in [5.74, 6) is 1.08. The number of carbonyl (C=O) groups is 1. The van der Waals surface area contributed by atoms with Crippen molar-refractivity contribution in [2.24, 2.45) is 5.92 Å². The molecule has 3 heteroatoms. The number of rotatable bonds is 6. The molecule has 0 aromatic carbocycles. The Bertz CT molecular complexity index is 245. The molecule has 2 saturated carbocycles. The zero-order chi connectivity index (χ0) is 12.1. The molecule has 0 aromatic rings. The van der Waals surface area contributed by atoms with Crippen molar-refractivity contribution in [2.45, 2.75) is 57.9 Å². The molecule has 98 valence electrons. The van der Waals surface area contributed by atoms with Gasteiger partial charge in [0.15, 0.2) is 0 Å². The van der Waals surface area contributed by atoms with Crippen LogP contribution in [0.5, 0.6) is 0 Å². The first-order valence-corrected chi connectivity index (χ1v) is 7.30. The molecule has 2 aliphatic rings. The minimum absolute atomic E-state index is 0.297. The van der Waals surface area contributed by atoms with Gasteiger partial charge in [-0.1, -0.05) is 19.3 Å². The third kappa shape index (κ3) is 3.70. The van der Waals surface area contributed by atoms with Gasteiger partial charge in [0.05, 0.1) is 6.54 Å². The van der Waals surface area contributed by atoms with Gasteiger partial charge < -0.3 is 10.2 Å². The van der Waals surface area contributed by atoms with Crippen molar-refractivity contribution < 1.29 is 4.79 Å². The van der Waals surface area contributed by atoms with E-state index in [0.29, 0.717) is 18.5 Å². The maximum absolute atomic E-state index is 12.1. The lowest BCUT2D eigenvalue weighted by molar-refractivity contribution is -0.131. The van der Waals surface area contributed by atoms with Gasteiger partial charge >= 0.3 is 0 Å². The fourth-order valence-electron chi connectivity index (χ4n) is 2.87. The monoisotopic (exact) mass is 238 g/mol. The largest absolute Gasteiger partial charge is 0.342 e. The van der Waals surface area contributed by atoms with Crippen LogP contribution in [0.15, 0.2) is 0 Å². The Labute approximate surface area is 105 Å². The maximum atomic E-state index is 12.1. The summed E-state index contributed by atoms with van der Waals surface area (Å²) in [6, 6.07) is 0.598. The second-order valence-electron chi connectivity index (χ2n) is 5.59. The smallest absolute Gasteiger partial charge is 0.236 e. The van der Waals surface area contributed by atoms with Crippen molar-refractivity contribution in [1.82, 2.24) is 10.2 Å². The summed E-state index contributed by atoms with van der Waals surface area (Å²) in [7, 11) is 0. The molecule has 0 aromatic heterocycles. The van der Waals surface area contributed by atoms with Crippen LogP contribution in [0.25, 0.3) is 0 Å². The Balaban J connectivity index is 1.67. The van der Waals surface area contributed by atoms with Crippen LogP contribution in [0.1, 0.15) is 51.9 Å². The normalized spacial score (nSPS) is 21.5. The number of likely N-dealkylation sites (N-methyl/N-ethyl adjacent to an activating group) is 1. The Kier molecular flexibility index (Phi) is 4.84. The van der Waals surface area contributed by atoms with Gasteiger partial charge in [-0.2, -0.15) is 0 Å². The van der Waals surface area contributed by atoms with Crippen molar-refractivity contribution in [2.75, 3.05) is 19.6 Å². The number of amides is 1. The number of hydrogen-bond acceptors (Lipinski definition) is 2. The fraction of sp³-hybridized carbons (Fsp3) is 0.929. The van der Waals surface area contributed by atoms with E-state index in [1.165, 1.54) is 44.9 Å². The minimum atomic E-state index is 0.297. The van der Waals surface area contributed by atoms with Crippen molar-refractivity contribution >= 4 is 5.91 Å². The molecule has 2 aliphatic carbocycles.